The predicted octanol–water partition coefficient (Wildman–Crippen LogP) is 2.99. The Morgan fingerprint density at radius 2 is 2.07 bits per heavy atom. The van der Waals surface area contributed by atoms with E-state index < -0.39 is 0 Å². The highest BCUT2D eigenvalue weighted by Gasteiger charge is 2.16. The van der Waals surface area contributed by atoms with Crippen LogP contribution in [0.4, 0.5) is 0 Å². The van der Waals surface area contributed by atoms with Crippen LogP contribution in [0.1, 0.15) is 18.0 Å². The van der Waals surface area contributed by atoms with Crippen molar-refractivity contribution in [1.82, 2.24) is 0 Å². The highest BCUT2D eigenvalue weighted by Crippen LogP contribution is 2.25. The molecule has 2 atom stereocenters. The Bertz CT molecular complexity index is 271. The normalized spacial score (nSPS) is 14.7. The molecule has 0 aromatic heterocycles. The molecule has 1 nitrogen and oxygen atoms in total. The highest BCUT2D eigenvalue weighted by molar-refractivity contribution is 7.99. The molecule has 0 saturated heterocycles. The first-order valence-electron chi connectivity index (χ1n) is 4.73. The number of hydrogen-bond donors (Lipinski definition) is 1. The molecular weight excluding hydrogens is 190 g/mol. The van der Waals surface area contributed by atoms with Gasteiger partial charge in [0.25, 0.3) is 0 Å². The first-order chi connectivity index (χ1) is 6.79. The summed E-state index contributed by atoms with van der Waals surface area (Å²) in [5.74, 6) is 0. The van der Waals surface area contributed by atoms with Gasteiger partial charge >= 0.3 is 0 Å². The van der Waals surface area contributed by atoms with Crippen molar-refractivity contribution in [3.8, 4) is 0 Å². The van der Waals surface area contributed by atoms with Crippen molar-refractivity contribution in [2.75, 3.05) is 6.26 Å². The zero-order valence-corrected chi connectivity index (χ0v) is 9.34. The molecule has 76 valence electrons. The Morgan fingerprint density at radius 3 is 2.57 bits per heavy atom. The topological polar surface area (TPSA) is 26.0 Å². The molecule has 0 unspecified atom stereocenters. The maximum Gasteiger partial charge on any atom is 0.0418 e. The van der Waals surface area contributed by atoms with Crippen LogP contribution in [0.15, 0.2) is 43.0 Å². The summed E-state index contributed by atoms with van der Waals surface area (Å²) in [5.41, 5.74) is 7.37. The fourth-order valence-electron chi connectivity index (χ4n) is 1.44. The average molecular weight is 207 g/mol. The second kappa shape index (κ2) is 5.89. The van der Waals surface area contributed by atoms with Crippen molar-refractivity contribution in [2.45, 2.75) is 17.7 Å². The maximum atomic E-state index is 6.17. The minimum absolute atomic E-state index is 0.101. The Morgan fingerprint density at radius 1 is 1.43 bits per heavy atom. The smallest absolute Gasteiger partial charge is 0.0418 e. The molecule has 0 spiro atoms. The van der Waals surface area contributed by atoms with E-state index in [9.17, 15) is 0 Å². The number of thioether (sulfide) groups is 1. The van der Waals surface area contributed by atoms with Crippen LogP contribution < -0.4 is 5.73 Å². The van der Waals surface area contributed by atoms with Crippen LogP contribution in [0.25, 0.3) is 0 Å². The van der Waals surface area contributed by atoms with Gasteiger partial charge in [-0.05, 0) is 18.2 Å². The fraction of sp³-hybridized carbons (Fsp3) is 0.333. The molecule has 0 aliphatic rings. The molecule has 2 heteroatoms. The van der Waals surface area contributed by atoms with Crippen molar-refractivity contribution in [2.24, 2.45) is 5.73 Å². The molecule has 0 heterocycles. The molecule has 14 heavy (non-hydrogen) atoms. The van der Waals surface area contributed by atoms with Gasteiger partial charge in [-0.15, -0.1) is 6.58 Å². The third-order valence-corrected chi connectivity index (χ3v) is 3.38. The lowest BCUT2D eigenvalue weighted by Crippen LogP contribution is -2.22. The van der Waals surface area contributed by atoms with E-state index in [1.54, 1.807) is 11.8 Å². The van der Waals surface area contributed by atoms with E-state index in [1.807, 2.05) is 24.3 Å². The van der Waals surface area contributed by atoms with Gasteiger partial charge in [-0.3, -0.25) is 0 Å². The molecule has 0 saturated carbocycles. The minimum atomic E-state index is 0.101. The summed E-state index contributed by atoms with van der Waals surface area (Å²) in [5, 5.41) is 0.426. The predicted molar refractivity (Wildman–Crippen MR) is 65.5 cm³/mol. The summed E-state index contributed by atoms with van der Waals surface area (Å²) in [6.07, 6.45) is 4.98. The third-order valence-electron chi connectivity index (χ3n) is 2.29. The Balaban J connectivity index is 2.72. The van der Waals surface area contributed by atoms with Gasteiger partial charge in [0, 0.05) is 11.3 Å². The van der Waals surface area contributed by atoms with Gasteiger partial charge in [0.1, 0.15) is 0 Å². The number of allylic oxidation sites excluding steroid dienone is 1. The van der Waals surface area contributed by atoms with Gasteiger partial charge in [0.2, 0.25) is 0 Å². The quantitative estimate of drug-likeness (QED) is 0.751. The van der Waals surface area contributed by atoms with Gasteiger partial charge in [-0.25, -0.2) is 0 Å². The molecule has 2 N–H and O–H groups in total. The van der Waals surface area contributed by atoms with Crippen LogP contribution in [-0.4, -0.2) is 11.5 Å². The van der Waals surface area contributed by atoms with Gasteiger partial charge < -0.3 is 5.73 Å². The third kappa shape index (κ3) is 2.89. The molecule has 0 aliphatic carbocycles. The summed E-state index contributed by atoms with van der Waals surface area (Å²) < 4.78 is 0. The van der Waals surface area contributed by atoms with Crippen LogP contribution in [0.3, 0.4) is 0 Å². The summed E-state index contributed by atoms with van der Waals surface area (Å²) in [4.78, 5) is 0. The molecule has 0 radical (unpaired) electrons. The summed E-state index contributed by atoms with van der Waals surface area (Å²) in [7, 11) is 0. The van der Waals surface area contributed by atoms with E-state index in [2.05, 4.69) is 25.0 Å². The SMILES string of the molecule is C=CC[C@H](SC)[C@H](N)c1ccccc1. The number of rotatable bonds is 5. The number of benzene rings is 1. The fourth-order valence-corrected chi connectivity index (χ4v) is 2.22. The zero-order valence-electron chi connectivity index (χ0n) is 8.52. The monoisotopic (exact) mass is 207 g/mol. The lowest BCUT2D eigenvalue weighted by Gasteiger charge is -2.20. The first kappa shape index (κ1) is 11.3. The summed E-state index contributed by atoms with van der Waals surface area (Å²) in [6, 6.07) is 10.3. The molecule has 1 aromatic rings. The van der Waals surface area contributed by atoms with E-state index in [-0.39, 0.29) is 6.04 Å². The van der Waals surface area contributed by atoms with Gasteiger partial charge in [0.15, 0.2) is 0 Å². The average Bonchev–Trinajstić information content (AvgIpc) is 2.26. The van der Waals surface area contributed by atoms with Crippen LogP contribution in [0.5, 0.6) is 0 Å². The van der Waals surface area contributed by atoms with Crippen molar-refractivity contribution in [3.05, 3.63) is 48.6 Å². The molecular formula is C12H17NS. The van der Waals surface area contributed by atoms with E-state index in [1.165, 1.54) is 5.56 Å². The molecule has 0 aliphatic heterocycles. The number of hydrogen-bond acceptors (Lipinski definition) is 2. The molecule has 1 rings (SSSR count). The second-order valence-electron chi connectivity index (χ2n) is 3.23. The van der Waals surface area contributed by atoms with E-state index in [0.29, 0.717) is 5.25 Å². The maximum absolute atomic E-state index is 6.17. The standard InChI is InChI=1S/C12H17NS/c1-3-7-11(14-2)12(13)10-8-5-4-6-9-10/h3-6,8-9,11-12H,1,7,13H2,2H3/t11-,12+/m0/s1. The first-order valence-corrected chi connectivity index (χ1v) is 6.02. The van der Waals surface area contributed by atoms with Crippen molar-refractivity contribution < 1.29 is 0 Å². The lowest BCUT2D eigenvalue weighted by molar-refractivity contribution is 0.680. The molecule has 0 amide bonds. The van der Waals surface area contributed by atoms with Crippen molar-refractivity contribution in [3.63, 3.8) is 0 Å². The van der Waals surface area contributed by atoms with Gasteiger partial charge in [0.05, 0.1) is 0 Å². The van der Waals surface area contributed by atoms with Crippen LogP contribution in [-0.2, 0) is 0 Å². The zero-order chi connectivity index (χ0) is 10.4. The van der Waals surface area contributed by atoms with E-state index in [0.717, 1.165) is 6.42 Å². The van der Waals surface area contributed by atoms with E-state index >= 15 is 0 Å². The van der Waals surface area contributed by atoms with Crippen molar-refractivity contribution >= 4 is 11.8 Å². The Hall–Kier alpha value is -0.730. The van der Waals surface area contributed by atoms with Crippen molar-refractivity contribution in [1.29, 1.82) is 0 Å². The van der Waals surface area contributed by atoms with Crippen LogP contribution in [0, 0.1) is 0 Å². The minimum Gasteiger partial charge on any atom is -0.323 e. The van der Waals surface area contributed by atoms with Gasteiger partial charge in [-0.2, -0.15) is 11.8 Å². The second-order valence-corrected chi connectivity index (χ2v) is 4.31. The van der Waals surface area contributed by atoms with E-state index in [4.69, 9.17) is 5.73 Å². The largest absolute Gasteiger partial charge is 0.323 e. The number of nitrogens with two attached hydrogens (primary N) is 1. The van der Waals surface area contributed by atoms with Crippen LogP contribution in [0.2, 0.25) is 0 Å². The molecule has 0 bridgehead atoms. The van der Waals surface area contributed by atoms with Crippen LogP contribution >= 0.6 is 11.8 Å². The Labute approximate surface area is 90.4 Å². The van der Waals surface area contributed by atoms with Gasteiger partial charge in [-0.1, -0.05) is 36.4 Å². The lowest BCUT2D eigenvalue weighted by atomic mass is 10.0. The molecule has 1 aromatic carbocycles. The summed E-state index contributed by atoms with van der Waals surface area (Å²) >= 11 is 1.80. The summed E-state index contributed by atoms with van der Waals surface area (Å²) in [6.45, 7) is 3.76. The highest BCUT2D eigenvalue weighted by atomic mass is 32.2. The molecule has 0 fully saturated rings. The Kier molecular flexibility index (Phi) is 4.77.